The highest BCUT2D eigenvalue weighted by Gasteiger charge is 2.11. The van der Waals surface area contributed by atoms with Crippen LogP contribution >= 0.6 is 0 Å². The minimum atomic E-state index is -3.36. The molecule has 0 fully saturated rings. The molecule has 0 atom stereocenters. The molecule has 0 aliphatic carbocycles. The number of carbonyl (C=O) groups excluding carboxylic acids is 1. The van der Waals surface area contributed by atoms with E-state index >= 15 is 0 Å². The van der Waals surface area contributed by atoms with Crippen molar-refractivity contribution < 1.29 is 17.6 Å². The van der Waals surface area contributed by atoms with Crippen LogP contribution in [0.25, 0.3) is 0 Å². The zero-order valence-electron chi connectivity index (χ0n) is 11.6. The first kappa shape index (κ1) is 15.2. The molecule has 0 aliphatic heterocycles. The summed E-state index contributed by atoms with van der Waals surface area (Å²) in [5.74, 6) is -0.754. The van der Waals surface area contributed by atoms with E-state index in [9.17, 15) is 17.6 Å². The van der Waals surface area contributed by atoms with Crippen LogP contribution in [-0.4, -0.2) is 20.5 Å². The Bertz CT molecular complexity index is 783. The van der Waals surface area contributed by atoms with E-state index in [1.165, 1.54) is 30.3 Å². The Labute approximate surface area is 122 Å². The average molecular weight is 307 g/mol. The van der Waals surface area contributed by atoms with Crippen LogP contribution in [0, 0.1) is 12.7 Å². The highest BCUT2D eigenvalue weighted by molar-refractivity contribution is 7.92. The molecule has 0 aromatic heterocycles. The summed E-state index contributed by atoms with van der Waals surface area (Å²) in [6.45, 7) is 1.62. The molecule has 0 heterocycles. The number of hydrogen-bond acceptors (Lipinski definition) is 3. The van der Waals surface area contributed by atoms with Gasteiger partial charge in [-0.25, -0.2) is 12.8 Å². The molecule has 2 aromatic carbocycles. The quantitative estimate of drug-likeness (QED) is 0.883. The van der Waals surface area contributed by atoms with Gasteiger partial charge in [-0.1, -0.05) is 12.1 Å². The molecule has 4 nitrogen and oxygen atoms in total. The minimum Gasteiger partial charge on any atom is -0.289 e. The van der Waals surface area contributed by atoms with Crippen molar-refractivity contribution in [2.75, 3.05) is 11.0 Å². The third kappa shape index (κ3) is 3.88. The molecule has 0 aliphatic rings. The van der Waals surface area contributed by atoms with Gasteiger partial charge in [-0.15, -0.1) is 0 Å². The smallest absolute Gasteiger partial charge is 0.229 e. The van der Waals surface area contributed by atoms with Crippen LogP contribution in [0.3, 0.4) is 0 Å². The second kappa shape index (κ2) is 5.65. The largest absolute Gasteiger partial charge is 0.289 e. The monoisotopic (exact) mass is 307 g/mol. The third-order valence-corrected chi connectivity index (χ3v) is 3.49. The van der Waals surface area contributed by atoms with Crippen molar-refractivity contribution in [3.63, 3.8) is 0 Å². The number of anilines is 1. The highest BCUT2D eigenvalue weighted by Crippen LogP contribution is 2.16. The summed E-state index contributed by atoms with van der Waals surface area (Å²) >= 11 is 0. The minimum absolute atomic E-state index is 0.252. The zero-order chi connectivity index (χ0) is 15.6. The molecule has 0 bridgehead atoms. The first-order valence-electron chi connectivity index (χ1n) is 6.15. The number of sulfonamides is 1. The number of aryl methyl sites for hydroxylation is 1. The van der Waals surface area contributed by atoms with Gasteiger partial charge in [0.15, 0.2) is 5.78 Å². The molecule has 6 heteroatoms. The Morgan fingerprint density at radius 2 is 1.62 bits per heavy atom. The molecule has 2 rings (SSSR count). The molecule has 110 valence electrons. The van der Waals surface area contributed by atoms with Gasteiger partial charge in [0.05, 0.1) is 6.26 Å². The second-order valence-electron chi connectivity index (χ2n) is 4.74. The topological polar surface area (TPSA) is 63.2 Å². The standard InChI is InChI=1S/C15H14FNO3S/c1-10-3-4-12(9-14(10)16)15(18)11-5-7-13(8-6-11)17-21(2,19)20/h3-9,17H,1-2H3. The van der Waals surface area contributed by atoms with Crippen LogP contribution in [0.5, 0.6) is 0 Å². The predicted molar refractivity (Wildman–Crippen MR) is 79.5 cm³/mol. The summed E-state index contributed by atoms with van der Waals surface area (Å²) < 4.78 is 38.0. The summed E-state index contributed by atoms with van der Waals surface area (Å²) in [4.78, 5) is 12.2. The van der Waals surface area contributed by atoms with E-state index in [1.54, 1.807) is 19.1 Å². The molecule has 0 spiro atoms. The van der Waals surface area contributed by atoms with Gasteiger partial charge in [0.2, 0.25) is 10.0 Å². The lowest BCUT2D eigenvalue weighted by Crippen LogP contribution is -2.09. The molecule has 0 saturated carbocycles. The zero-order valence-corrected chi connectivity index (χ0v) is 12.4. The van der Waals surface area contributed by atoms with Crippen molar-refractivity contribution in [1.29, 1.82) is 0 Å². The Hall–Kier alpha value is -2.21. The number of benzene rings is 2. The summed E-state index contributed by atoms with van der Waals surface area (Å²) in [6, 6.07) is 10.3. The maximum atomic E-state index is 13.5. The van der Waals surface area contributed by atoms with Crippen LogP contribution in [0.15, 0.2) is 42.5 Å². The van der Waals surface area contributed by atoms with E-state index in [0.717, 1.165) is 6.26 Å². The predicted octanol–water partition coefficient (Wildman–Crippen LogP) is 2.74. The fourth-order valence-electron chi connectivity index (χ4n) is 1.80. The number of halogens is 1. The lowest BCUT2D eigenvalue weighted by Gasteiger charge is -2.06. The Morgan fingerprint density at radius 1 is 1.05 bits per heavy atom. The number of ketones is 1. The van der Waals surface area contributed by atoms with Crippen LogP contribution in [-0.2, 0) is 10.0 Å². The maximum Gasteiger partial charge on any atom is 0.229 e. The molecule has 21 heavy (non-hydrogen) atoms. The van der Waals surface area contributed by atoms with Crippen LogP contribution in [0.2, 0.25) is 0 Å². The number of hydrogen-bond donors (Lipinski definition) is 1. The Kier molecular flexibility index (Phi) is 4.09. The second-order valence-corrected chi connectivity index (χ2v) is 6.49. The lowest BCUT2D eigenvalue weighted by molar-refractivity contribution is 0.103. The number of nitrogens with one attached hydrogen (secondary N) is 1. The fourth-order valence-corrected chi connectivity index (χ4v) is 2.37. The fraction of sp³-hybridized carbons (Fsp3) is 0.133. The van der Waals surface area contributed by atoms with Gasteiger partial charge in [0.1, 0.15) is 5.82 Å². The average Bonchev–Trinajstić information content (AvgIpc) is 2.40. The Morgan fingerprint density at radius 3 is 2.14 bits per heavy atom. The first-order chi connectivity index (χ1) is 9.76. The van der Waals surface area contributed by atoms with Gasteiger partial charge in [-0.2, -0.15) is 0 Å². The molecule has 1 N–H and O–H groups in total. The Balaban J connectivity index is 2.25. The summed E-state index contributed by atoms with van der Waals surface area (Å²) in [5.41, 5.74) is 1.45. The van der Waals surface area contributed by atoms with E-state index in [2.05, 4.69) is 4.72 Å². The SMILES string of the molecule is Cc1ccc(C(=O)c2ccc(NS(C)(=O)=O)cc2)cc1F. The molecule has 0 unspecified atom stereocenters. The van der Waals surface area contributed by atoms with Gasteiger partial charge in [0, 0.05) is 16.8 Å². The summed E-state index contributed by atoms with van der Waals surface area (Å²) in [6.07, 6.45) is 1.04. The summed E-state index contributed by atoms with van der Waals surface area (Å²) in [7, 11) is -3.36. The van der Waals surface area contributed by atoms with Crippen LogP contribution in [0.4, 0.5) is 10.1 Å². The third-order valence-electron chi connectivity index (χ3n) is 2.88. The van der Waals surface area contributed by atoms with E-state index < -0.39 is 15.8 Å². The van der Waals surface area contributed by atoms with Crippen molar-refractivity contribution in [2.45, 2.75) is 6.92 Å². The molecule has 0 amide bonds. The first-order valence-corrected chi connectivity index (χ1v) is 8.04. The van der Waals surface area contributed by atoms with Crippen LogP contribution in [0.1, 0.15) is 21.5 Å². The van der Waals surface area contributed by atoms with Crippen molar-refractivity contribution in [2.24, 2.45) is 0 Å². The van der Waals surface area contributed by atoms with Crippen molar-refractivity contribution in [1.82, 2.24) is 0 Å². The van der Waals surface area contributed by atoms with Crippen molar-refractivity contribution in [3.8, 4) is 0 Å². The highest BCUT2D eigenvalue weighted by atomic mass is 32.2. The normalized spacial score (nSPS) is 11.2. The van der Waals surface area contributed by atoms with Gasteiger partial charge in [-0.05, 0) is 42.8 Å². The van der Waals surface area contributed by atoms with E-state index in [-0.39, 0.29) is 11.3 Å². The molecular formula is C15H14FNO3S. The van der Waals surface area contributed by atoms with Gasteiger partial charge < -0.3 is 0 Å². The van der Waals surface area contributed by atoms with Crippen LogP contribution < -0.4 is 4.72 Å². The van der Waals surface area contributed by atoms with Gasteiger partial charge in [0.25, 0.3) is 0 Å². The molecule has 0 saturated heterocycles. The van der Waals surface area contributed by atoms with E-state index in [0.29, 0.717) is 16.8 Å². The van der Waals surface area contributed by atoms with Crippen molar-refractivity contribution in [3.05, 3.63) is 65.0 Å². The maximum absolute atomic E-state index is 13.5. The molecule has 2 aromatic rings. The van der Waals surface area contributed by atoms with Crippen molar-refractivity contribution >= 4 is 21.5 Å². The lowest BCUT2D eigenvalue weighted by atomic mass is 10.0. The molecule has 0 radical (unpaired) electrons. The van der Waals surface area contributed by atoms with Gasteiger partial charge in [-0.3, -0.25) is 9.52 Å². The van der Waals surface area contributed by atoms with E-state index in [1.807, 2.05) is 0 Å². The molecular weight excluding hydrogens is 293 g/mol. The number of carbonyl (C=O) groups is 1. The van der Waals surface area contributed by atoms with Gasteiger partial charge >= 0.3 is 0 Å². The number of rotatable bonds is 4. The van der Waals surface area contributed by atoms with E-state index in [4.69, 9.17) is 0 Å². The summed E-state index contributed by atoms with van der Waals surface area (Å²) in [5, 5.41) is 0.